The van der Waals surface area contributed by atoms with E-state index in [-0.39, 0.29) is 17.7 Å². The number of carbonyl (C=O) groups excluding carboxylic acids is 1. The van der Waals surface area contributed by atoms with Gasteiger partial charge in [-0.3, -0.25) is 4.79 Å². The van der Waals surface area contributed by atoms with Crippen molar-refractivity contribution in [2.75, 3.05) is 13.1 Å². The molecular weight excluding hydrogens is 236 g/mol. The number of hydrogen-bond donors (Lipinski definition) is 0. The Hall–Kier alpha value is -1.82. The van der Waals surface area contributed by atoms with Crippen LogP contribution in [0.1, 0.15) is 37.7 Å². The largest absolute Gasteiger partial charge is 0.343 e. The number of benzene rings is 1. The zero-order valence-corrected chi connectivity index (χ0v) is 11.4. The number of likely N-dealkylation sites (tertiary alicyclic amines) is 1. The highest BCUT2D eigenvalue weighted by Gasteiger charge is 2.23. The molecule has 0 radical (unpaired) electrons. The van der Waals surface area contributed by atoms with Crippen molar-refractivity contribution in [1.29, 1.82) is 5.26 Å². The Morgan fingerprint density at radius 3 is 2.58 bits per heavy atom. The maximum absolute atomic E-state index is 12.2. The number of nitriles is 1. The van der Waals surface area contributed by atoms with E-state index in [9.17, 15) is 4.79 Å². The first kappa shape index (κ1) is 13.6. The first-order chi connectivity index (χ1) is 9.20. The molecule has 2 rings (SSSR count). The van der Waals surface area contributed by atoms with Crippen LogP contribution in [-0.4, -0.2) is 23.9 Å². The van der Waals surface area contributed by atoms with E-state index in [1.807, 2.05) is 23.1 Å². The molecule has 1 unspecified atom stereocenters. The summed E-state index contributed by atoms with van der Waals surface area (Å²) in [6.45, 7) is 3.56. The predicted octanol–water partition coefficient (Wildman–Crippen LogP) is 2.94. The van der Waals surface area contributed by atoms with Gasteiger partial charge < -0.3 is 4.90 Å². The monoisotopic (exact) mass is 256 g/mol. The average Bonchev–Trinajstić information content (AvgIpc) is 2.48. The van der Waals surface area contributed by atoms with Crippen LogP contribution in [0, 0.1) is 17.2 Å². The third-order valence-corrected chi connectivity index (χ3v) is 3.88. The van der Waals surface area contributed by atoms with Gasteiger partial charge in [0, 0.05) is 25.4 Å². The number of piperidine rings is 1. The highest BCUT2D eigenvalue weighted by Crippen LogP contribution is 2.22. The molecule has 100 valence electrons. The number of nitrogens with zero attached hydrogens (tertiary/aromatic N) is 2. The number of amides is 1. The lowest BCUT2D eigenvalue weighted by Crippen LogP contribution is -2.38. The number of carbonyl (C=O) groups is 1. The van der Waals surface area contributed by atoms with Crippen LogP contribution in [0.25, 0.3) is 0 Å². The first-order valence-corrected chi connectivity index (χ1v) is 6.93. The summed E-state index contributed by atoms with van der Waals surface area (Å²) in [6.07, 6.45) is 2.20. The van der Waals surface area contributed by atoms with Crippen molar-refractivity contribution in [3.8, 4) is 6.07 Å². The van der Waals surface area contributed by atoms with Gasteiger partial charge >= 0.3 is 0 Å². The lowest BCUT2D eigenvalue weighted by molar-refractivity contribution is -0.132. The molecule has 1 amide bonds. The second-order valence-electron chi connectivity index (χ2n) is 5.30. The van der Waals surface area contributed by atoms with Crippen molar-refractivity contribution in [3.05, 3.63) is 35.9 Å². The Bertz CT molecular complexity index is 455. The van der Waals surface area contributed by atoms with Gasteiger partial charge in [-0.05, 0) is 24.3 Å². The Balaban J connectivity index is 1.87. The van der Waals surface area contributed by atoms with Crippen molar-refractivity contribution in [2.45, 2.75) is 32.1 Å². The molecule has 19 heavy (non-hydrogen) atoms. The minimum Gasteiger partial charge on any atom is -0.343 e. The van der Waals surface area contributed by atoms with Gasteiger partial charge in [0.05, 0.1) is 6.07 Å². The molecule has 1 heterocycles. The summed E-state index contributed by atoms with van der Waals surface area (Å²) in [4.78, 5) is 14.1. The first-order valence-electron chi connectivity index (χ1n) is 6.93. The number of rotatable bonds is 3. The SMILES string of the molecule is CC(CC(=O)N1CCC(C#N)CC1)c1ccccc1. The van der Waals surface area contributed by atoms with Crippen LogP contribution in [0.4, 0.5) is 0 Å². The maximum Gasteiger partial charge on any atom is 0.223 e. The second-order valence-corrected chi connectivity index (χ2v) is 5.30. The Labute approximate surface area is 114 Å². The van der Waals surface area contributed by atoms with Gasteiger partial charge in [0.15, 0.2) is 0 Å². The molecule has 0 spiro atoms. The van der Waals surface area contributed by atoms with E-state index in [0.29, 0.717) is 6.42 Å². The summed E-state index contributed by atoms with van der Waals surface area (Å²) < 4.78 is 0. The summed E-state index contributed by atoms with van der Waals surface area (Å²) in [6, 6.07) is 12.4. The van der Waals surface area contributed by atoms with Gasteiger partial charge in [-0.1, -0.05) is 37.3 Å². The summed E-state index contributed by atoms with van der Waals surface area (Å²) >= 11 is 0. The molecule has 1 aromatic rings. The summed E-state index contributed by atoms with van der Waals surface area (Å²) in [7, 11) is 0. The molecular formula is C16H20N2O. The van der Waals surface area contributed by atoms with Crippen LogP contribution in [0.5, 0.6) is 0 Å². The summed E-state index contributed by atoms with van der Waals surface area (Å²) in [5, 5.41) is 8.86. The van der Waals surface area contributed by atoms with E-state index in [4.69, 9.17) is 5.26 Å². The molecule has 0 aliphatic carbocycles. The van der Waals surface area contributed by atoms with Crippen molar-refractivity contribution < 1.29 is 4.79 Å². The van der Waals surface area contributed by atoms with E-state index < -0.39 is 0 Å². The topological polar surface area (TPSA) is 44.1 Å². The lowest BCUT2D eigenvalue weighted by atomic mass is 9.95. The molecule has 0 N–H and O–H groups in total. The standard InChI is InChI=1S/C16H20N2O/c1-13(15-5-3-2-4-6-15)11-16(19)18-9-7-14(12-17)8-10-18/h2-6,13-14H,7-11H2,1H3. The molecule has 1 aliphatic heterocycles. The van der Waals surface area contributed by atoms with Crippen molar-refractivity contribution >= 4 is 5.91 Å². The fourth-order valence-corrected chi connectivity index (χ4v) is 2.55. The smallest absolute Gasteiger partial charge is 0.223 e. The van der Waals surface area contributed by atoms with Crippen LogP contribution in [0.3, 0.4) is 0 Å². The van der Waals surface area contributed by atoms with E-state index in [0.717, 1.165) is 25.9 Å². The molecule has 0 aromatic heterocycles. The van der Waals surface area contributed by atoms with Crippen molar-refractivity contribution in [1.82, 2.24) is 4.90 Å². The minimum atomic E-state index is 0.135. The second kappa shape index (κ2) is 6.38. The molecule has 3 heteroatoms. The van der Waals surface area contributed by atoms with Crippen LogP contribution in [-0.2, 0) is 4.79 Å². The average molecular weight is 256 g/mol. The summed E-state index contributed by atoms with van der Waals surface area (Å²) in [5.41, 5.74) is 1.21. The quantitative estimate of drug-likeness (QED) is 0.834. The highest BCUT2D eigenvalue weighted by molar-refractivity contribution is 5.77. The van der Waals surface area contributed by atoms with Crippen LogP contribution in [0.2, 0.25) is 0 Å². The van der Waals surface area contributed by atoms with Crippen LogP contribution in [0.15, 0.2) is 30.3 Å². The Kier molecular flexibility index (Phi) is 4.57. The molecule has 0 saturated carbocycles. The van der Waals surface area contributed by atoms with Crippen LogP contribution >= 0.6 is 0 Å². The van der Waals surface area contributed by atoms with Crippen molar-refractivity contribution in [2.24, 2.45) is 5.92 Å². The predicted molar refractivity (Wildman–Crippen MR) is 74.4 cm³/mol. The van der Waals surface area contributed by atoms with Crippen molar-refractivity contribution in [3.63, 3.8) is 0 Å². The molecule has 1 aliphatic rings. The van der Waals surface area contributed by atoms with Gasteiger partial charge in [0.2, 0.25) is 5.91 Å². The highest BCUT2D eigenvalue weighted by atomic mass is 16.2. The van der Waals surface area contributed by atoms with E-state index in [1.54, 1.807) is 0 Å². The van der Waals surface area contributed by atoms with Gasteiger partial charge in [-0.15, -0.1) is 0 Å². The minimum absolute atomic E-state index is 0.135. The normalized spacial score (nSPS) is 17.8. The zero-order chi connectivity index (χ0) is 13.7. The Morgan fingerprint density at radius 1 is 1.37 bits per heavy atom. The third kappa shape index (κ3) is 3.57. The van der Waals surface area contributed by atoms with Gasteiger partial charge in [0.25, 0.3) is 0 Å². The fourth-order valence-electron chi connectivity index (χ4n) is 2.55. The zero-order valence-electron chi connectivity index (χ0n) is 11.4. The third-order valence-electron chi connectivity index (χ3n) is 3.88. The Morgan fingerprint density at radius 2 is 2.00 bits per heavy atom. The van der Waals surface area contributed by atoms with E-state index in [1.165, 1.54) is 5.56 Å². The van der Waals surface area contributed by atoms with Gasteiger partial charge in [-0.2, -0.15) is 5.26 Å². The summed E-state index contributed by atoms with van der Waals surface area (Å²) in [5.74, 6) is 0.603. The molecule has 3 nitrogen and oxygen atoms in total. The van der Waals surface area contributed by atoms with Crippen LogP contribution < -0.4 is 0 Å². The molecule has 1 aromatic carbocycles. The lowest BCUT2D eigenvalue weighted by Gasteiger charge is -2.30. The number of hydrogen-bond acceptors (Lipinski definition) is 2. The molecule has 1 fully saturated rings. The molecule has 1 saturated heterocycles. The van der Waals surface area contributed by atoms with Gasteiger partial charge in [-0.25, -0.2) is 0 Å². The van der Waals surface area contributed by atoms with E-state index >= 15 is 0 Å². The molecule has 0 bridgehead atoms. The van der Waals surface area contributed by atoms with Gasteiger partial charge in [0.1, 0.15) is 0 Å². The fraction of sp³-hybridized carbons (Fsp3) is 0.500. The molecule has 1 atom stereocenters. The maximum atomic E-state index is 12.2. The van der Waals surface area contributed by atoms with E-state index in [2.05, 4.69) is 25.1 Å².